The van der Waals surface area contributed by atoms with Crippen LogP contribution in [0.5, 0.6) is 0 Å². The molecule has 1 aromatic rings. The minimum absolute atomic E-state index is 0.00498. The summed E-state index contributed by atoms with van der Waals surface area (Å²) >= 11 is 11.8. The molecular weight excluding hydrogens is 273 g/mol. The van der Waals surface area contributed by atoms with Gasteiger partial charge in [-0.15, -0.1) is 0 Å². The van der Waals surface area contributed by atoms with Crippen LogP contribution in [0.2, 0.25) is 10.0 Å². The van der Waals surface area contributed by atoms with Crippen molar-refractivity contribution >= 4 is 40.8 Å². The second kappa shape index (κ2) is 5.93. The molecule has 0 saturated carbocycles. The predicted octanol–water partition coefficient (Wildman–Crippen LogP) is 2.42. The van der Waals surface area contributed by atoms with Crippen molar-refractivity contribution in [3.05, 3.63) is 28.2 Å². The largest absolute Gasteiger partial charge is 0.369 e. The van der Waals surface area contributed by atoms with Crippen molar-refractivity contribution in [2.75, 3.05) is 4.90 Å². The number of aliphatic imine (C=N–C) groups is 1. The van der Waals surface area contributed by atoms with E-state index in [1.54, 1.807) is 18.2 Å². The molecule has 0 bridgehead atoms. The maximum absolute atomic E-state index is 7.55. The monoisotopic (exact) mass is 287 g/mol. The molecule has 1 aromatic carbocycles. The van der Waals surface area contributed by atoms with Gasteiger partial charge in [0.15, 0.2) is 5.96 Å². The van der Waals surface area contributed by atoms with E-state index in [9.17, 15) is 0 Å². The van der Waals surface area contributed by atoms with Crippen LogP contribution in [0.25, 0.3) is 0 Å². The molecule has 5 nitrogen and oxygen atoms in total. The second-order valence-corrected chi connectivity index (χ2v) is 4.71. The first-order valence-corrected chi connectivity index (χ1v) is 6.01. The fourth-order valence-electron chi connectivity index (χ4n) is 1.34. The summed E-state index contributed by atoms with van der Waals surface area (Å²) in [6, 6.07) is 4.85. The van der Waals surface area contributed by atoms with Gasteiger partial charge in [0, 0.05) is 6.04 Å². The SMILES string of the molecule is CC(C)N=C(N)N(C(=N)N)c1ccc(Cl)c(Cl)c1. The lowest BCUT2D eigenvalue weighted by Crippen LogP contribution is -2.46. The van der Waals surface area contributed by atoms with E-state index in [1.165, 1.54) is 4.90 Å². The van der Waals surface area contributed by atoms with Crippen molar-refractivity contribution in [2.45, 2.75) is 19.9 Å². The zero-order chi connectivity index (χ0) is 13.9. The number of nitrogens with zero attached hydrogens (tertiary/aromatic N) is 2. The van der Waals surface area contributed by atoms with Gasteiger partial charge in [-0.1, -0.05) is 23.2 Å². The molecule has 0 fully saturated rings. The van der Waals surface area contributed by atoms with Crippen molar-refractivity contribution in [1.29, 1.82) is 5.41 Å². The van der Waals surface area contributed by atoms with Gasteiger partial charge in [0.2, 0.25) is 5.96 Å². The smallest absolute Gasteiger partial charge is 0.203 e. The Morgan fingerprint density at radius 2 is 1.89 bits per heavy atom. The average molecular weight is 288 g/mol. The molecule has 98 valence electrons. The summed E-state index contributed by atoms with van der Waals surface area (Å²) in [5, 5.41) is 8.33. The molecule has 0 amide bonds. The van der Waals surface area contributed by atoms with E-state index in [2.05, 4.69) is 4.99 Å². The van der Waals surface area contributed by atoms with Gasteiger partial charge in [-0.3, -0.25) is 10.3 Å². The van der Waals surface area contributed by atoms with Gasteiger partial charge in [-0.05, 0) is 32.0 Å². The highest BCUT2D eigenvalue weighted by atomic mass is 35.5. The van der Waals surface area contributed by atoms with Gasteiger partial charge in [-0.25, -0.2) is 4.99 Å². The summed E-state index contributed by atoms with van der Waals surface area (Å²) in [5.74, 6) is -0.105. The number of anilines is 1. The molecule has 0 aliphatic heterocycles. The Kier molecular flexibility index (Phi) is 4.81. The molecule has 0 aliphatic rings. The van der Waals surface area contributed by atoms with Gasteiger partial charge in [0.1, 0.15) is 0 Å². The van der Waals surface area contributed by atoms with Gasteiger partial charge in [0.05, 0.1) is 15.7 Å². The van der Waals surface area contributed by atoms with Crippen LogP contribution >= 0.6 is 23.2 Å². The highest BCUT2D eigenvalue weighted by molar-refractivity contribution is 6.42. The van der Waals surface area contributed by atoms with Crippen LogP contribution in [-0.4, -0.2) is 18.0 Å². The molecule has 7 heteroatoms. The Morgan fingerprint density at radius 3 is 2.33 bits per heavy atom. The summed E-state index contributed by atoms with van der Waals surface area (Å²) in [4.78, 5) is 5.44. The van der Waals surface area contributed by atoms with Crippen LogP contribution in [0.4, 0.5) is 5.69 Å². The molecule has 1 rings (SSSR count). The van der Waals surface area contributed by atoms with E-state index in [4.69, 9.17) is 40.1 Å². The Morgan fingerprint density at radius 1 is 1.28 bits per heavy atom. The molecule has 0 saturated heterocycles. The maximum Gasteiger partial charge on any atom is 0.203 e. The first kappa shape index (κ1) is 14.6. The molecule has 0 aliphatic carbocycles. The van der Waals surface area contributed by atoms with Crippen LogP contribution in [-0.2, 0) is 0 Å². The van der Waals surface area contributed by atoms with Crippen molar-refractivity contribution in [3.8, 4) is 0 Å². The predicted molar refractivity (Wildman–Crippen MR) is 77.6 cm³/mol. The fourth-order valence-corrected chi connectivity index (χ4v) is 1.63. The molecule has 0 aromatic heterocycles. The molecular formula is C11H15Cl2N5. The molecule has 18 heavy (non-hydrogen) atoms. The topological polar surface area (TPSA) is 91.5 Å². The second-order valence-electron chi connectivity index (χ2n) is 3.90. The Balaban J connectivity index is 3.20. The lowest BCUT2D eigenvalue weighted by atomic mass is 10.3. The number of halogens is 2. The Hall–Kier alpha value is -1.46. The summed E-state index contributed by atoms with van der Waals surface area (Å²) in [5.41, 5.74) is 11.9. The number of hydrogen-bond acceptors (Lipinski definition) is 2. The van der Waals surface area contributed by atoms with Gasteiger partial charge < -0.3 is 11.5 Å². The first-order valence-electron chi connectivity index (χ1n) is 5.25. The molecule has 0 radical (unpaired) electrons. The summed E-state index contributed by atoms with van der Waals surface area (Å²) < 4.78 is 0. The van der Waals surface area contributed by atoms with Crippen LogP contribution < -0.4 is 16.4 Å². The van der Waals surface area contributed by atoms with Crippen LogP contribution in [0.3, 0.4) is 0 Å². The van der Waals surface area contributed by atoms with Crippen LogP contribution in [0.15, 0.2) is 23.2 Å². The van der Waals surface area contributed by atoms with Crippen molar-refractivity contribution in [1.82, 2.24) is 0 Å². The molecule has 5 N–H and O–H groups in total. The third-order valence-electron chi connectivity index (χ3n) is 2.02. The summed E-state index contributed by atoms with van der Waals surface area (Å²) in [6.45, 7) is 3.75. The van der Waals surface area contributed by atoms with E-state index in [0.717, 1.165) is 0 Å². The van der Waals surface area contributed by atoms with Crippen LogP contribution in [0.1, 0.15) is 13.8 Å². The van der Waals surface area contributed by atoms with E-state index >= 15 is 0 Å². The molecule has 0 spiro atoms. The van der Waals surface area contributed by atoms with E-state index < -0.39 is 0 Å². The molecule has 0 atom stereocenters. The van der Waals surface area contributed by atoms with Gasteiger partial charge in [-0.2, -0.15) is 0 Å². The fraction of sp³-hybridized carbons (Fsp3) is 0.273. The average Bonchev–Trinajstić information content (AvgIpc) is 2.21. The molecule has 0 heterocycles. The minimum atomic E-state index is -0.240. The third-order valence-corrected chi connectivity index (χ3v) is 2.76. The number of guanidine groups is 2. The highest BCUT2D eigenvalue weighted by Gasteiger charge is 2.15. The normalized spacial score (nSPS) is 11.7. The lowest BCUT2D eigenvalue weighted by Gasteiger charge is -2.22. The maximum atomic E-state index is 7.55. The summed E-state index contributed by atoms with van der Waals surface area (Å²) in [6.07, 6.45) is 0. The van der Waals surface area contributed by atoms with Crippen molar-refractivity contribution in [3.63, 3.8) is 0 Å². The van der Waals surface area contributed by atoms with E-state index in [-0.39, 0.29) is 18.0 Å². The summed E-state index contributed by atoms with van der Waals surface area (Å²) in [7, 11) is 0. The first-order chi connectivity index (χ1) is 8.32. The van der Waals surface area contributed by atoms with Gasteiger partial charge >= 0.3 is 0 Å². The van der Waals surface area contributed by atoms with E-state index in [1.807, 2.05) is 13.8 Å². The minimum Gasteiger partial charge on any atom is -0.369 e. The quantitative estimate of drug-likeness (QED) is 0.576. The zero-order valence-corrected chi connectivity index (χ0v) is 11.6. The number of benzene rings is 1. The lowest BCUT2D eigenvalue weighted by molar-refractivity contribution is 0.830. The number of rotatable bonds is 2. The zero-order valence-electron chi connectivity index (χ0n) is 10.1. The van der Waals surface area contributed by atoms with Crippen LogP contribution in [0, 0.1) is 5.41 Å². The third kappa shape index (κ3) is 3.51. The standard InChI is InChI=1S/C11H15Cl2N5/c1-6(2)17-11(16)18(10(14)15)7-3-4-8(12)9(13)5-7/h3-6H,1-2H3,(H3,14,15)(H2,16,17). The number of nitrogens with two attached hydrogens (primary N) is 2. The number of nitrogens with one attached hydrogen (secondary N) is 1. The highest BCUT2D eigenvalue weighted by Crippen LogP contribution is 2.27. The van der Waals surface area contributed by atoms with E-state index in [0.29, 0.717) is 15.7 Å². The molecule has 0 unspecified atom stereocenters. The Labute approximate surface area is 116 Å². The Bertz CT molecular complexity index is 484. The number of hydrogen-bond donors (Lipinski definition) is 3. The van der Waals surface area contributed by atoms with Crippen molar-refractivity contribution < 1.29 is 0 Å². The van der Waals surface area contributed by atoms with Gasteiger partial charge in [0.25, 0.3) is 0 Å². The van der Waals surface area contributed by atoms with Crippen molar-refractivity contribution in [2.24, 2.45) is 16.5 Å².